The number of fused-ring (bicyclic) bond motifs is 1. The van der Waals surface area contributed by atoms with Crippen molar-refractivity contribution in [1.29, 1.82) is 0 Å². The molecule has 0 radical (unpaired) electrons. The zero-order valence-corrected chi connectivity index (χ0v) is 20.5. The molecule has 178 valence electrons. The van der Waals surface area contributed by atoms with Crippen LogP contribution in [-0.4, -0.2) is 58.9 Å². The highest BCUT2D eigenvalue weighted by molar-refractivity contribution is 7.20. The van der Waals surface area contributed by atoms with Gasteiger partial charge in [-0.25, -0.2) is 9.78 Å². The molecule has 0 fully saturated rings. The molecule has 0 aliphatic rings. The number of carbonyl (C=O) groups excluding carboxylic acids is 1. The quantitative estimate of drug-likeness (QED) is 0.435. The van der Waals surface area contributed by atoms with Gasteiger partial charge in [0.05, 0.1) is 19.0 Å². The number of aliphatic hydroxyl groups excluding tert-OH is 1. The Balaban J connectivity index is 1.76. The summed E-state index contributed by atoms with van der Waals surface area (Å²) in [6.45, 7) is 9.45. The molecular weight excluding hydrogens is 442 g/mol. The van der Waals surface area contributed by atoms with Crippen molar-refractivity contribution in [2.75, 3.05) is 26.8 Å². The number of nitrogens with one attached hydrogen (secondary N) is 1. The van der Waals surface area contributed by atoms with Crippen molar-refractivity contribution in [3.63, 3.8) is 0 Å². The van der Waals surface area contributed by atoms with Gasteiger partial charge in [0, 0.05) is 13.1 Å². The normalized spacial score (nSPS) is 12.5. The standard InChI is InChI=1S/C24H31N3O5S/c1-14(2)10-27(11-17(28)13-32-18-9-7-6-8-15(18)3)12-19-25-22(29)20-16(4)21(24(30)31-5)33-23(20)26-19/h6-9,14,17,28H,10-13H2,1-5H3,(H,25,26,29)/t17-/m1/s1. The SMILES string of the molecule is COC(=O)c1sc2nc(CN(CC(C)C)C[C@@H](O)COc3ccccc3C)[nH]c(=O)c2c1C. The van der Waals surface area contributed by atoms with Crippen LogP contribution in [0.25, 0.3) is 10.2 Å². The third kappa shape index (κ3) is 6.19. The zero-order chi connectivity index (χ0) is 24.1. The maximum Gasteiger partial charge on any atom is 0.348 e. The Morgan fingerprint density at radius 2 is 1.97 bits per heavy atom. The molecule has 3 rings (SSSR count). The molecule has 33 heavy (non-hydrogen) atoms. The lowest BCUT2D eigenvalue weighted by molar-refractivity contribution is 0.0601. The second kappa shape index (κ2) is 10.9. The second-order valence-electron chi connectivity index (χ2n) is 8.56. The minimum atomic E-state index is -0.714. The minimum Gasteiger partial charge on any atom is -0.491 e. The van der Waals surface area contributed by atoms with Gasteiger partial charge in [0.25, 0.3) is 5.56 Å². The number of nitrogens with zero attached hydrogens (tertiary/aromatic N) is 2. The van der Waals surface area contributed by atoms with Crippen molar-refractivity contribution in [3.8, 4) is 5.75 Å². The number of rotatable bonds is 10. The molecule has 0 saturated carbocycles. The van der Waals surface area contributed by atoms with Crippen LogP contribution in [0.5, 0.6) is 5.75 Å². The Kier molecular flexibility index (Phi) is 8.23. The number of aromatic amines is 1. The van der Waals surface area contributed by atoms with E-state index in [-0.39, 0.29) is 12.2 Å². The molecule has 2 N–H and O–H groups in total. The number of carbonyl (C=O) groups is 1. The van der Waals surface area contributed by atoms with E-state index in [0.29, 0.717) is 52.0 Å². The van der Waals surface area contributed by atoms with E-state index in [0.717, 1.165) is 22.6 Å². The van der Waals surface area contributed by atoms with Crippen molar-refractivity contribution in [3.05, 3.63) is 56.4 Å². The minimum absolute atomic E-state index is 0.162. The van der Waals surface area contributed by atoms with Crippen LogP contribution in [0.15, 0.2) is 29.1 Å². The smallest absolute Gasteiger partial charge is 0.348 e. The molecule has 0 bridgehead atoms. The summed E-state index contributed by atoms with van der Waals surface area (Å²) in [6.07, 6.45) is -0.714. The van der Waals surface area contributed by atoms with E-state index in [4.69, 9.17) is 9.47 Å². The van der Waals surface area contributed by atoms with Gasteiger partial charge in [0.2, 0.25) is 0 Å². The zero-order valence-electron chi connectivity index (χ0n) is 19.7. The molecular formula is C24H31N3O5S. The molecule has 0 saturated heterocycles. The van der Waals surface area contributed by atoms with E-state index >= 15 is 0 Å². The highest BCUT2D eigenvalue weighted by atomic mass is 32.1. The summed E-state index contributed by atoms with van der Waals surface area (Å²) in [7, 11) is 1.31. The Hall–Kier alpha value is -2.75. The summed E-state index contributed by atoms with van der Waals surface area (Å²) in [4.78, 5) is 35.1. The topological polar surface area (TPSA) is 105 Å². The number of aromatic nitrogens is 2. The number of hydrogen-bond donors (Lipinski definition) is 2. The number of ether oxygens (including phenoxy) is 2. The van der Waals surface area contributed by atoms with Crippen molar-refractivity contribution in [1.82, 2.24) is 14.9 Å². The Morgan fingerprint density at radius 1 is 1.24 bits per heavy atom. The first kappa shape index (κ1) is 24.9. The largest absolute Gasteiger partial charge is 0.491 e. The number of hydrogen-bond acceptors (Lipinski definition) is 8. The fourth-order valence-electron chi connectivity index (χ4n) is 3.74. The number of thiophene rings is 1. The van der Waals surface area contributed by atoms with Gasteiger partial charge in [0.15, 0.2) is 0 Å². The maximum absolute atomic E-state index is 12.7. The molecule has 0 unspecified atom stereocenters. The molecule has 2 heterocycles. The number of benzene rings is 1. The van der Waals surface area contributed by atoms with Crippen LogP contribution in [0.4, 0.5) is 0 Å². The fourth-order valence-corrected chi connectivity index (χ4v) is 4.86. The summed E-state index contributed by atoms with van der Waals surface area (Å²) in [6, 6.07) is 7.68. The number of methoxy groups -OCH3 is 1. The molecule has 0 aliphatic carbocycles. The molecule has 0 aliphatic heterocycles. The third-order valence-electron chi connectivity index (χ3n) is 5.21. The van der Waals surface area contributed by atoms with E-state index in [1.165, 1.54) is 7.11 Å². The van der Waals surface area contributed by atoms with E-state index < -0.39 is 12.1 Å². The number of aliphatic hydroxyl groups is 1. The number of para-hydroxylation sites is 1. The second-order valence-corrected chi connectivity index (χ2v) is 9.56. The first-order valence-corrected chi connectivity index (χ1v) is 11.7. The highest BCUT2D eigenvalue weighted by Crippen LogP contribution is 2.27. The van der Waals surface area contributed by atoms with E-state index in [1.807, 2.05) is 36.1 Å². The lowest BCUT2D eigenvalue weighted by Gasteiger charge is -2.26. The first-order chi connectivity index (χ1) is 15.7. The first-order valence-electron chi connectivity index (χ1n) is 10.9. The Morgan fingerprint density at radius 3 is 2.64 bits per heavy atom. The average molecular weight is 474 g/mol. The molecule has 1 aromatic carbocycles. The predicted molar refractivity (Wildman–Crippen MR) is 129 cm³/mol. The average Bonchev–Trinajstić information content (AvgIpc) is 3.08. The van der Waals surface area contributed by atoms with Crippen LogP contribution in [0, 0.1) is 19.8 Å². The summed E-state index contributed by atoms with van der Waals surface area (Å²) in [5, 5.41) is 11.0. The number of H-pyrrole nitrogens is 1. The monoisotopic (exact) mass is 473 g/mol. The lowest BCUT2D eigenvalue weighted by atomic mass is 10.2. The van der Waals surface area contributed by atoms with Crippen LogP contribution < -0.4 is 10.3 Å². The van der Waals surface area contributed by atoms with Gasteiger partial charge in [-0.3, -0.25) is 9.69 Å². The summed E-state index contributed by atoms with van der Waals surface area (Å²) in [5.74, 6) is 1.10. The van der Waals surface area contributed by atoms with E-state index in [2.05, 4.69) is 23.8 Å². The molecule has 1 atom stereocenters. The van der Waals surface area contributed by atoms with Gasteiger partial charge in [-0.15, -0.1) is 11.3 Å². The molecule has 2 aromatic heterocycles. The van der Waals surface area contributed by atoms with Gasteiger partial charge in [-0.05, 0) is 37.0 Å². The van der Waals surface area contributed by atoms with Gasteiger partial charge >= 0.3 is 5.97 Å². The predicted octanol–water partition coefficient (Wildman–Crippen LogP) is 3.29. The third-order valence-corrected chi connectivity index (χ3v) is 6.38. The van der Waals surface area contributed by atoms with E-state index in [1.54, 1.807) is 6.92 Å². The van der Waals surface area contributed by atoms with Crippen molar-refractivity contribution < 1.29 is 19.4 Å². The molecule has 9 heteroatoms. The van der Waals surface area contributed by atoms with Crippen LogP contribution in [0.2, 0.25) is 0 Å². The van der Waals surface area contributed by atoms with Crippen LogP contribution in [0.3, 0.4) is 0 Å². The highest BCUT2D eigenvalue weighted by Gasteiger charge is 2.21. The molecule has 0 amide bonds. The summed E-state index contributed by atoms with van der Waals surface area (Å²) >= 11 is 1.15. The number of aryl methyl sites for hydroxylation is 2. The molecule has 0 spiro atoms. The maximum atomic E-state index is 12.7. The molecule has 3 aromatic rings. The summed E-state index contributed by atoms with van der Waals surface area (Å²) in [5.41, 5.74) is 1.30. The fraction of sp³-hybridized carbons (Fsp3) is 0.458. The Bertz CT molecular complexity index is 1170. The van der Waals surface area contributed by atoms with Crippen molar-refractivity contribution in [2.24, 2.45) is 5.92 Å². The van der Waals surface area contributed by atoms with Gasteiger partial charge in [-0.1, -0.05) is 32.0 Å². The summed E-state index contributed by atoms with van der Waals surface area (Å²) < 4.78 is 10.6. The van der Waals surface area contributed by atoms with Crippen LogP contribution in [-0.2, 0) is 11.3 Å². The van der Waals surface area contributed by atoms with Gasteiger partial charge < -0.3 is 19.6 Å². The number of esters is 1. The Labute approximate surface area is 197 Å². The van der Waals surface area contributed by atoms with Gasteiger partial charge in [0.1, 0.15) is 34.0 Å². The van der Waals surface area contributed by atoms with Crippen molar-refractivity contribution >= 4 is 27.5 Å². The molecule has 8 nitrogen and oxygen atoms in total. The van der Waals surface area contributed by atoms with Gasteiger partial charge in [-0.2, -0.15) is 0 Å². The van der Waals surface area contributed by atoms with Crippen LogP contribution >= 0.6 is 11.3 Å². The van der Waals surface area contributed by atoms with Crippen LogP contribution in [0.1, 0.15) is 40.5 Å². The van der Waals surface area contributed by atoms with E-state index in [9.17, 15) is 14.7 Å². The lowest BCUT2D eigenvalue weighted by Crippen LogP contribution is -2.38. The van der Waals surface area contributed by atoms with Crippen molar-refractivity contribution in [2.45, 2.75) is 40.3 Å².